The van der Waals surface area contributed by atoms with Gasteiger partial charge in [0.15, 0.2) is 5.75 Å². The van der Waals surface area contributed by atoms with Crippen LogP contribution in [0.5, 0.6) is 11.5 Å². The predicted molar refractivity (Wildman–Crippen MR) is 67.3 cm³/mol. The first kappa shape index (κ1) is 14.0. The van der Waals surface area contributed by atoms with Crippen molar-refractivity contribution in [3.8, 4) is 22.6 Å². The first-order valence-electron chi connectivity index (χ1n) is 5.54. The lowest BCUT2D eigenvalue weighted by Gasteiger charge is -2.13. The van der Waals surface area contributed by atoms with E-state index in [0.29, 0.717) is 16.9 Å². The minimum atomic E-state index is -4.80. The zero-order valence-electron chi connectivity index (χ0n) is 10.4. The van der Waals surface area contributed by atoms with Gasteiger partial charge in [-0.25, -0.2) is 0 Å². The molecule has 1 heterocycles. The summed E-state index contributed by atoms with van der Waals surface area (Å²) in [4.78, 5) is 3.92. The van der Waals surface area contributed by atoms with Gasteiger partial charge in [-0.3, -0.25) is 4.98 Å². The molecule has 0 atom stereocenters. The van der Waals surface area contributed by atoms with Gasteiger partial charge in [-0.1, -0.05) is 6.07 Å². The van der Waals surface area contributed by atoms with E-state index < -0.39 is 12.1 Å². The van der Waals surface area contributed by atoms with Crippen molar-refractivity contribution in [1.29, 1.82) is 0 Å². The second-order valence-corrected chi connectivity index (χ2v) is 3.88. The number of methoxy groups -OCH3 is 1. The summed E-state index contributed by atoms with van der Waals surface area (Å²) < 4.78 is 45.9. The summed E-state index contributed by atoms with van der Waals surface area (Å²) in [6.45, 7) is 0. The average Bonchev–Trinajstić information content (AvgIpc) is 2.40. The van der Waals surface area contributed by atoms with E-state index >= 15 is 0 Å². The lowest BCUT2D eigenvalue weighted by molar-refractivity contribution is -0.274. The van der Waals surface area contributed by atoms with E-state index in [4.69, 9.17) is 10.5 Å². The Morgan fingerprint density at radius 3 is 2.55 bits per heavy atom. The van der Waals surface area contributed by atoms with Crippen LogP contribution in [-0.4, -0.2) is 18.5 Å². The Hall–Kier alpha value is -2.44. The first-order chi connectivity index (χ1) is 9.40. The standard InChI is InChI=1S/C13H11F3N2O2/c1-19-11-4-5-18-7-9(11)8-2-3-10(17)12(6-8)20-13(14,15)16/h2-7H,17H2,1H3. The second-order valence-electron chi connectivity index (χ2n) is 3.88. The number of hydrogen-bond acceptors (Lipinski definition) is 4. The Balaban J connectivity index is 2.46. The molecule has 0 aliphatic carbocycles. The third-order valence-corrected chi connectivity index (χ3v) is 2.55. The molecule has 1 aromatic heterocycles. The molecule has 0 aliphatic rings. The zero-order chi connectivity index (χ0) is 14.8. The minimum Gasteiger partial charge on any atom is -0.496 e. The van der Waals surface area contributed by atoms with Gasteiger partial charge in [0.25, 0.3) is 0 Å². The number of halogens is 3. The fraction of sp³-hybridized carbons (Fsp3) is 0.154. The highest BCUT2D eigenvalue weighted by atomic mass is 19.4. The first-order valence-corrected chi connectivity index (χ1v) is 5.54. The highest BCUT2D eigenvalue weighted by Crippen LogP contribution is 2.35. The Kier molecular flexibility index (Phi) is 3.69. The summed E-state index contributed by atoms with van der Waals surface area (Å²) in [7, 11) is 1.46. The highest BCUT2D eigenvalue weighted by Gasteiger charge is 2.32. The number of nitrogens with two attached hydrogens (primary N) is 1. The Morgan fingerprint density at radius 1 is 1.15 bits per heavy atom. The molecular formula is C13H11F3N2O2. The van der Waals surface area contributed by atoms with Crippen molar-refractivity contribution < 1.29 is 22.6 Å². The van der Waals surface area contributed by atoms with Crippen LogP contribution >= 0.6 is 0 Å². The summed E-state index contributed by atoms with van der Waals surface area (Å²) in [6.07, 6.45) is -1.79. The van der Waals surface area contributed by atoms with Crippen molar-refractivity contribution in [1.82, 2.24) is 4.98 Å². The van der Waals surface area contributed by atoms with Crippen LogP contribution in [0, 0.1) is 0 Å². The van der Waals surface area contributed by atoms with Gasteiger partial charge in [0.05, 0.1) is 12.8 Å². The number of pyridine rings is 1. The third-order valence-electron chi connectivity index (χ3n) is 2.55. The van der Waals surface area contributed by atoms with Crippen molar-refractivity contribution >= 4 is 5.69 Å². The van der Waals surface area contributed by atoms with Gasteiger partial charge in [-0.2, -0.15) is 0 Å². The van der Waals surface area contributed by atoms with Gasteiger partial charge < -0.3 is 15.2 Å². The van der Waals surface area contributed by atoms with Crippen LogP contribution in [-0.2, 0) is 0 Å². The molecular weight excluding hydrogens is 273 g/mol. The summed E-state index contributed by atoms with van der Waals surface area (Å²) in [5.74, 6) is 0.0311. The lowest BCUT2D eigenvalue weighted by Crippen LogP contribution is -2.18. The van der Waals surface area contributed by atoms with Gasteiger partial charge in [0.1, 0.15) is 5.75 Å². The largest absolute Gasteiger partial charge is 0.573 e. The number of nitrogens with zero attached hydrogens (tertiary/aromatic N) is 1. The molecule has 0 bridgehead atoms. The van der Waals surface area contributed by atoms with Crippen LogP contribution < -0.4 is 15.2 Å². The van der Waals surface area contributed by atoms with Crippen molar-refractivity contribution in [3.63, 3.8) is 0 Å². The van der Waals surface area contributed by atoms with Crippen molar-refractivity contribution in [2.24, 2.45) is 0 Å². The third kappa shape index (κ3) is 3.11. The van der Waals surface area contributed by atoms with E-state index in [1.54, 1.807) is 12.1 Å². The van der Waals surface area contributed by atoms with Crippen LogP contribution in [0.25, 0.3) is 11.1 Å². The van der Waals surface area contributed by atoms with Crippen LogP contribution in [0.3, 0.4) is 0 Å². The Bertz CT molecular complexity index is 615. The smallest absolute Gasteiger partial charge is 0.496 e. The summed E-state index contributed by atoms with van der Waals surface area (Å²) >= 11 is 0. The van der Waals surface area contributed by atoms with Gasteiger partial charge in [-0.15, -0.1) is 13.2 Å². The van der Waals surface area contributed by atoms with E-state index in [2.05, 4.69) is 9.72 Å². The molecule has 7 heteroatoms. The van der Waals surface area contributed by atoms with Crippen molar-refractivity contribution in [3.05, 3.63) is 36.7 Å². The van der Waals surface area contributed by atoms with Crippen LogP contribution in [0.15, 0.2) is 36.7 Å². The molecule has 0 saturated carbocycles. The molecule has 2 rings (SSSR count). The van der Waals surface area contributed by atoms with Crippen molar-refractivity contribution in [2.45, 2.75) is 6.36 Å². The number of alkyl halides is 3. The molecule has 20 heavy (non-hydrogen) atoms. The topological polar surface area (TPSA) is 57.4 Å². The van der Waals surface area contributed by atoms with Crippen LogP contribution in [0.4, 0.5) is 18.9 Å². The Labute approximate surface area is 113 Å². The van der Waals surface area contributed by atoms with Gasteiger partial charge in [0, 0.05) is 18.0 Å². The Morgan fingerprint density at radius 2 is 1.90 bits per heavy atom. The average molecular weight is 284 g/mol. The van der Waals surface area contributed by atoms with E-state index in [9.17, 15) is 13.2 Å². The number of hydrogen-bond donors (Lipinski definition) is 1. The lowest BCUT2D eigenvalue weighted by atomic mass is 10.1. The fourth-order valence-corrected chi connectivity index (χ4v) is 1.69. The van der Waals surface area contributed by atoms with E-state index in [1.807, 2.05) is 0 Å². The SMILES string of the molecule is COc1ccncc1-c1ccc(N)c(OC(F)(F)F)c1. The predicted octanol–water partition coefficient (Wildman–Crippen LogP) is 3.24. The number of aromatic nitrogens is 1. The molecule has 0 amide bonds. The van der Waals surface area contributed by atoms with Crippen LogP contribution in [0.2, 0.25) is 0 Å². The normalized spacial score (nSPS) is 11.2. The summed E-state index contributed by atoms with van der Waals surface area (Å²) in [5, 5.41) is 0. The number of ether oxygens (including phenoxy) is 2. The monoisotopic (exact) mass is 284 g/mol. The maximum absolute atomic E-state index is 12.3. The number of benzene rings is 1. The molecule has 0 spiro atoms. The van der Waals surface area contributed by atoms with Crippen molar-refractivity contribution in [2.75, 3.05) is 12.8 Å². The fourth-order valence-electron chi connectivity index (χ4n) is 1.69. The summed E-state index contributed by atoms with van der Waals surface area (Å²) in [6, 6.07) is 5.71. The molecule has 0 radical (unpaired) electrons. The van der Waals surface area contributed by atoms with E-state index in [0.717, 1.165) is 0 Å². The molecule has 106 valence electrons. The molecule has 0 unspecified atom stereocenters. The molecule has 0 aliphatic heterocycles. The second kappa shape index (κ2) is 5.28. The molecule has 1 aromatic carbocycles. The molecule has 4 nitrogen and oxygen atoms in total. The van der Waals surface area contributed by atoms with Gasteiger partial charge >= 0.3 is 6.36 Å². The van der Waals surface area contributed by atoms with E-state index in [1.165, 1.54) is 31.6 Å². The number of rotatable bonds is 3. The molecule has 0 saturated heterocycles. The van der Waals surface area contributed by atoms with Gasteiger partial charge in [0.2, 0.25) is 0 Å². The quantitative estimate of drug-likeness (QED) is 0.879. The zero-order valence-corrected chi connectivity index (χ0v) is 10.4. The minimum absolute atomic E-state index is 0.103. The summed E-state index contributed by atoms with van der Waals surface area (Å²) in [5.41, 5.74) is 6.38. The molecule has 0 fully saturated rings. The number of anilines is 1. The number of nitrogen functional groups attached to an aromatic ring is 1. The maximum atomic E-state index is 12.3. The maximum Gasteiger partial charge on any atom is 0.573 e. The molecule has 2 aromatic rings. The van der Waals surface area contributed by atoms with Gasteiger partial charge in [-0.05, 0) is 23.8 Å². The van der Waals surface area contributed by atoms with E-state index in [-0.39, 0.29) is 5.69 Å². The molecule has 2 N–H and O–H groups in total. The van der Waals surface area contributed by atoms with Crippen LogP contribution in [0.1, 0.15) is 0 Å². The highest BCUT2D eigenvalue weighted by molar-refractivity contribution is 5.73.